The molecule has 0 aromatic carbocycles. The van der Waals surface area contributed by atoms with Crippen LogP contribution in [0.4, 0.5) is 9.83 Å². The number of aromatic nitrogens is 4. The summed E-state index contributed by atoms with van der Waals surface area (Å²) in [5.74, 6) is -1.29. The Labute approximate surface area is 96.6 Å². The van der Waals surface area contributed by atoms with Crippen LogP contribution < -0.4 is 4.90 Å². The Morgan fingerprint density at radius 1 is 1.53 bits per heavy atom. The third-order valence-electron chi connectivity index (χ3n) is 2.48. The minimum atomic E-state index is -4.57. The maximum atomic E-state index is 12.5. The monoisotopic (exact) mass is 263 g/mol. The number of hydrogen-bond acceptors (Lipinski definition) is 6. The molecule has 94 valence electrons. The smallest absolute Gasteiger partial charge is 0.279 e. The number of tetrazole rings is 1. The van der Waals surface area contributed by atoms with Crippen LogP contribution in [0, 0.1) is 5.92 Å². The van der Waals surface area contributed by atoms with E-state index in [0.717, 1.165) is 0 Å². The van der Waals surface area contributed by atoms with Gasteiger partial charge in [0.15, 0.2) is 0 Å². The zero-order valence-electron chi connectivity index (χ0n) is 8.95. The lowest BCUT2D eigenvalue weighted by Gasteiger charge is -2.12. The third kappa shape index (κ3) is 2.57. The molecule has 1 aliphatic rings. The predicted molar refractivity (Wildman–Crippen MR) is 54.2 cm³/mol. The molecule has 0 saturated carbocycles. The second-order valence-electron chi connectivity index (χ2n) is 3.88. The summed E-state index contributed by atoms with van der Waals surface area (Å²) in [6.45, 7) is 0.107. The first kappa shape index (κ1) is 11.9. The fourth-order valence-electron chi connectivity index (χ4n) is 1.82. The number of carbonyl (C=O) groups is 1. The van der Waals surface area contributed by atoms with Gasteiger partial charge in [-0.3, -0.25) is 9.69 Å². The van der Waals surface area contributed by atoms with Gasteiger partial charge < -0.3 is 0 Å². The lowest BCUT2D eigenvalue weighted by atomic mass is 10.1. The molecule has 0 N–H and O–H groups in total. The van der Waals surface area contributed by atoms with E-state index in [1.165, 1.54) is 9.58 Å². The van der Waals surface area contributed by atoms with Gasteiger partial charge in [0.25, 0.3) is 5.95 Å². The van der Waals surface area contributed by atoms with Crippen LogP contribution in [-0.2, 0) is 22.1 Å². The molecule has 1 amide bonds. The molecule has 1 atom stereocenters. The summed E-state index contributed by atoms with van der Waals surface area (Å²) < 4.78 is 34.8. The summed E-state index contributed by atoms with van der Waals surface area (Å²) in [4.78, 5) is 12.9. The van der Waals surface area contributed by atoms with Crippen molar-refractivity contribution < 1.29 is 17.1 Å². The molecule has 17 heavy (non-hydrogen) atoms. The molecule has 0 bridgehead atoms. The lowest BCUT2D eigenvalue weighted by molar-refractivity contribution is -0.117. The van der Waals surface area contributed by atoms with E-state index in [1.807, 2.05) is 0 Å². The van der Waals surface area contributed by atoms with Crippen LogP contribution in [0.2, 0.25) is 0 Å². The number of rotatable bonds is 3. The van der Waals surface area contributed by atoms with E-state index in [0.29, 0.717) is 0 Å². The lowest BCUT2D eigenvalue weighted by Crippen LogP contribution is -2.28. The molecule has 1 aromatic rings. The molecule has 8 nitrogen and oxygen atoms in total. The first-order valence-electron chi connectivity index (χ1n) is 4.82. The molecule has 10 heteroatoms. The van der Waals surface area contributed by atoms with Crippen molar-refractivity contribution in [2.24, 2.45) is 13.0 Å². The highest BCUT2D eigenvalue weighted by molar-refractivity contribution is 7.86. The summed E-state index contributed by atoms with van der Waals surface area (Å²) >= 11 is 0. The Morgan fingerprint density at radius 3 is 2.76 bits per heavy atom. The van der Waals surface area contributed by atoms with Crippen LogP contribution in [0.1, 0.15) is 6.42 Å². The van der Waals surface area contributed by atoms with Crippen LogP contribution in [-0.4, -0.2) is 46.8 Å². The van der Waals surface area contributed by atoms with Crippen LogP contribution in [0.5, 0.6) is 0 Å². The van der Waals surface area contributed by atoms with E-state index < -0.39 is 21.9 Å². The molecule has 1 unspecified atom stereocenters. The Morgan fingerprint density at radius 2 is 2.24 bits per heavy atom. The summed E-state index contributed by atoms with van der Waals surface area (Å²) in [6.07, 6.45) is -0.0178. The normalized spacial score (nSPS) is 21.2. The third-order valence-corrected chi connectivity index (χ3v) is 3.35. The molecule has 0 aliphatic carbocycles. The predicted octanol–water partition coefficient (Wildman–Crippen LogP) is -1.14. The number of carbonyl (C=O) groups excluding carboxylic acids is 1. The molecular formula is C7H10FN5O3S. The van der Waals surface area contributed by atoms with E-state index in [1.54, 1.807) is 7.05 Å². The first-order valence-corrected chi connectivity index (χ1v) is 6.37. The van der Waals surface area contributed by atoms with Crippen molar-refractivity contribution in [2.45, 2.75) is 6.42 Å². The molecule has 1 saturated heterocycles. The Bertz CT molecular complexity index is 541. The van der Waals surface area contributed by atoms with Gasteiger partial charge in [0.1, 0.15) is 0 Å². The topological polar surface area (TPSA) is 98.1 Å². The zero-order valence-corrected chi connectivity index (χ0v) is 9.76. The van der Waals surface area contributed by atoms with Crippen molar-refractivity contribution in [1.29, 1.82) is 0 Å². The van der Waals surface area contributed by atoms with E-state index >= 15 is 0 Å². The van der Waals surface area contributed by atoms with Crippen LogP contribution in [0.25, 0.3) is 0 Å². The number of halogens is 1. The summed E-state index contributed by atoms with van der Waals surface area (Å²) in [6, 6.07) is 0. The van der Waals surface area contributed by atoms with Gasteiger partial charge in [-0.25, -0.2) is 4.68 Å². The highest BCUT2D eigenvalue weighted by Crippen LogP contribution is 2.23. The number of nitrogens with zero attached hydrogens (tertiary/aromatic N) is 5. The summed E-state index contributed by atoms with van der Waals surface area (Å²) in [5, 5.41) is 10.6. The fourth-order valence-corrected chi connectivity index (χ4v) is 2.61. The SMILES string of the molecule is Cn1nnnc1N1CC(CS(=O)(=O)F)CC1=O. The Kier molecular flexibility index (Phi) is 2.81. The average Bonchev–Trinajstić information content (AvgIpc) is 2.70. The molecule has 1 aromatic heterocycles. The minimum Gasteiger partial charge on any atom is -0.279 e. The molecular weight excluding hydrogens is 253 g/mol. The van der Waals surface area contributed by atoms with Gasteiger partial charge >= 0.3 is 10.2 Å². The van der Waals surface area contributed by atoms with Crippen molar-refractivity contribution in [3.8, 4) is 0 Å². The van der Waals surface area contributed by atoms with E-state index in [2.05, 4.69) is 15.5 Å². The van der Waals surface area contributed by atoms with Crippen molar-refractivity contribution in [3.05, 3.63) is 0 Å². The highest BCUT2D eigenvalue weighted by Gasteiger charge is 2.35. The number of anilines is 1. The molecule has 0 spiro atoms. The molecule has 1 aliphatic heterocycles. The average molecular weight is 263 g/mol. The van der Waals surface area contributed by atoms with Crippen LogP contribution >= 0.6 is 0 Å². The van der Waals surface area contributed by atoms with Gasteiger partial charge in [-0.05, 0) is 10.4 Å². The molecule has 2 heterocycles. The van der Waals surface area contributed by atoms with E-state index in [-0.39, 0.29) is 24.8 Å². The van der Waals surface area contributed by atoms with E-state index in [4.69, 9.17) is 0 Å². The maximum absolute atomic E-state index is 12.5. The van der Waals surface area contributed by atoms with Crippen molar-refractivity contribution in [2.75, 3.05) is 17.2 Å². The van der Waals surface area contributed by atoms with E-state index in [9.17, 15) is 17.1 Å². The summed E-state index contributed by atoms with van der Waals surface area (Å²) in [7, 11) is -3.01. The van der Waals surface area contributed by atoms with Gasteiger partial charge in [-0.15, -0.1) is 3.89 Å². The fraction of sp³-hybridized carbons (Fsp3) is 0.714. The van der Waals surface area contributed by atoms with Crippen LogP contribution in [0.15, 0.2) is 0 Å². The first-order chi connectivity index (χ1) is 7.87. The highest BCUT2D eigenvalue weighted by atomic mass is 32.3. The molecule has 1 fully saturated rings. The quantitative estimate of drug-likeness (QED) is 0.639. The van der Waals surface area contributed by atoms with Gasteiger partial charge in [0.2, 0.25) is 5.91 Å². The van der Waals surface area contributed by atoms with Gasteiger partial charge in [-0.1, -0.05) is 5.10 Å². The summed E-state index contributed by atoms with van der Waals surface area (Å²) in [5.41, 5.74) is 0. The standard InChI is InChI=1S/C7H10FN5O3S/c1-12-7(9-10-11-12)13-3-5(2-6(13)14)4-17(8,15)16/h5H,2-4H2,1H3. The molecule has 2 rings (SSSR count). The van der Waals surface area contributed by atoms with Crippen molar-refractivity contribution in [1.82, 2.24) is 20.2 Å². The van der Waals surface area contributed by atoms with Gasteiger partial charge in [0.05, 0.1) is 5.75 Å². The Balaban J connectivity index is 2.14. The maximum Gasteiger partial charge on any atom is 0.302 e. The zero-order chi connectivity index (χ0) is 12.6. The second-order valence-corrected chi connectivity index (χ2v) is 5.29. The van der Waals surface area contributed by atoms with Crippen molar-refractivity contribution in [3.63, 3.8) is 0 Å². The van der Waals surface area contributed by atoms with Crippen molar-refractivity contribution >= 4 is 22.1 Å². The Hall–Kier alpha value is -1.58. The van der Waals surface area contributed by atoms with Crippen LogP contribution in [0.3, 0.4) is 0 Å². The minimum absolute atomic E-state index is 0.0178. The van der Waals surface area contributed by atoms with Gasteiger partial charge in [-0.2, -0.15) is 8.42 Å². The number of amides is 1. The number of aryl methyl sites for hydroxylation is 1. The number of hydrogen-bond donors (Lipinski definition) is 0. The molecule has 0 radical (unpaired) electrons. The van der Waals surface area contributed by atoms with Gasteiger partial charge in [0, 0.05) is 25.9 Å². The second kappa shape index (κ2) is 4.02. The largest absolute Gasteiger partial charge is 0.302 e.